The van der Waals surface area contributed by atoms with E-state index in [1.165, 1.54) is 48.9 Å². The van der Waals surface area contributed by atoms with Gasteiger partial charge in [0.25, 0.3) is 0 Å². The number of halogens is 1. The van der Waals surface area contributed by atoms with Crippen molar-refractivity contribution in [2.45, 2.75) is 32.1 Å². The molecule has 1 aromatic rings. The van der Waals surface area contributed by atoms with Crippen LogP contribution in [0.2, 0.25) is 0 Å². The van der Waals surface area contributed by atoms with E-state index in [0.29, 0.717) is 5.92 Å². The molecule has 1 nitrogen and oxygen atoms in total. The van der Waals surface area contributed by atoms with Gasteiger partial charge in [0.1, 0.15) is 0 Å². The quantitative estimate of drug-likeness (QED) is 0.808. The molecule has 1 atom stereocenters. The van der Waals surface area contributed by atoms with Crippen LogP contribution in [-0.4, -0.2) is 24.5 Å². The summed E-state index contributed by atoms with van der Waals surface area (Å²) in [6, 6.07) is 8.71. The summed E-state index contributed by atoms with van der Waals surface area (Å²) in [5.41, 5.74) is 1.44. The minimum absolute atomic E-state index is 0.635. The van der Waals surface area contributed by atoms with Crippen LogP contribution in [-0.2, 0) is 0 Å². The van der Waals surface area contributed by atoms with E-state index in [0.717, 1.165) is 0 Å². The van der Waals surface area contributed by atoms with E-state index in [1.807, 2.05) is 0 Å². The molecule has 1 saturated heterocycles. The van der Waals surface area contributed by atoms with E-state index in [4.69, 9.17) is 0 Å². The molecular formula is C14H20BrN. The van der Waals surface area contributed by atoms with Crippen LogP contribution in [0.3, 0.4) is 0 Å². The first-order valence-electron chi connectivity index (χ1n) is 6.23. The maximum Gasteiger partial charge on any atom is 0.0178 e. The Morgan fingerprint density at radius 1 is 1.25 bits per heavy atom. The lowest BCUT2D eigenvalue weighted by atomic mass is 9.99. The molecule has 1 unspecified atom stereocenters. The summed E-state index contributed by atoms with van der Waals surface area (Å²) >= 11 is 3.54. The summed E-state index contributed by atoms with van der Waals surface area (Å²) in [4.78, 5) is 2.61. The van der Waals surface area contributed by atoms with Crippen molar-refractivity contribution in [3.05, 3.63) is 34.3 Å². The number of hydrogen-bond donors (Lipinski definition) is 0. The lowest BCUT2D eigenvalue weighted by Crippen LogP contribution is -2.32. The number of hydrogen-bond acceptors (Lipinski definition) is 1. The number of benzene rings is 1. The molecule has 0 bridgehead atoms. The van der Waals surface area contributed by atoms with Crippen molar-refractivity contribution in [1.29, 1.82) is 0 Å². The molecule has 1 heterocycles. The number of likely N-dealkylation sites (tertiary alicyclic amines) is 1. The maximum absolute atomic E-state index is 3.54. The summed E-state index contributed by atoms with van der Waals surface area (Å²) < 4.78 is 1.19. The Balaban J connectivity index is 1.94. The third-order valence-corrected chi connectivity index (χ3v) is 3.89. The highest BCUT2D eigenvalue weighted by atomic mass is 79.9. The van der Waals surface area contributed by atoms with Crippen molar-refractivity contribution < 1.29 is 0 Å². The Labute approximate surface area is 107 Å². The van der Waals surface area contributed by atoms with Crippen molar-refractivity contribution in [3.8, 4) is 0 Å². The van der Waals surface area contributed by atoms with Gasteiger partial charge >= 0.3 is 0 Å². The fourth-order valence-electron chi connectivity index (χ4n) is 2.45. The second-order valence-electron chi connectivity index (χ2n) is 4.82. The Kier molecular flexibility index (Phi) is 4.42. The summed E-state index contributed by atoms with van der Waals surface area (Å²) in [6.45, 7) is 6.11. The Hall–Kier alpha value is -0.340. The standard InChI is InChI=1S/C14H20BrN/c1-12(11-16-8-3-2-4-9-16)13-6-5-7-14(15)10-13/h5-7,10,12H,2-4,8-9,11H2,1H3. The minimum atomic E-state index is 0.635. The largest absolute Gasteiger partial charge is 0.303 e. The smallest absolute Gasteiger partial charge is 0.0178 e. The highest BCUT2D eigenvalue weighted by Gasteiger charge is 2.14. The van der Waals surface area contributed by atoms with Gasteiger partial charge in [0.05, 0.1) is 0 Å². The molecule has 2 heteroatoms. The molecule has 1 aliphatic rings. The van der Waals surface area contributed by atoms with Crippen LogP contribution >= 0.6 is 15.9 Å². The Morgan fingerprint density at radius 2 is 2.00 bits per heavy atom. The van der Waals surface area contributed by atoms with Crippen molar-refractivity contribution in [3.63, 3.8) is 0 Å². The van der Waals surface area contributed by atoms with Gasteiger partial charge in [-0.15, -0.1) is 0 Å². The number of nitrogens with zero attached hydrogens (tertiary/aromatic N) is 1. The molecule has 0 aliphatic carbocycles. The molecule has 0 amide bonds. The minimum Gasteiger partial charge on any atom is -0.303 e. The molecule has 0 spiro atoms. The number of rotatable bonds is 3. The van der Waals surface area contributed by atoms with Crippen LogP contribution < -0.4 is 0 Å². The van der Waals surface area contributed by atoms with E-state index in [2.05, 4.69) is 52.0 Å². The topological polar surface area (TPSA) is 3.24 Å². The SMILES string of the molecule is CC(CN1CCCCC1)c1cccc(Br)c1. The van der Waals surface area contributed by atoms with Gasteiger partial charge in [-0.1, -0.05) is 41.4 Å². The summed E-state index contributed by atoms with van der Waals surface area (Å²) in [5, 5.41) is 0. The van der Waals surface area contributed by atoms with Gasteiger partial charge in [-0.2, -0.15) is 0 Å². The van der Waals surface area contributed by atoms with E-state index in [-0.39, 0.29) is 0 Å². The first-order chi connectivity index (χ1) is 7.75. The molecule has 88 valence electrons. The van der Waals surface area contributed by atoms with E-state index >= 15 is 0 Å². The molecule has 1 fully saturated rings. The average molecular weight is 282 g/mol. The summed E-state index contributed by atoms with van der Waals surface area (Å²) in [5.74, 6) is 0.635. The van der Waals surface area contributed by atoms with E-state index in [1.54, 1.807) is 0 Å². The van der Waals surface area contributed by atoms with Gasteiger partial charge in [0.2, 0.25) is 0 Å². The fourth-order valence-corrected chi connectivity index (χ4v) is 2.86. The third-order valence-electron chi connectivity index (χ3n) is 3.40. The van der Waals surface area contributed by atoms with Crippen LogP contribution in [0.15, 0.2) is 28.7 Å². The molecule has 1 aliphatic heterocycles. The van der Waals surface area contributed by atoms with Crippen LogP contribution in [0.5, 0.6) is 0 Å². The first-order valence-corrected chi connectivity index (χ1v) is 7.03. The molecular weight excluding hydrogens is 262 g/mol. The zero-order valence-corrected chi connectivity index (χ0v) is 11.5. The third kappa shape index (κ3) is 3.33. The van der Waals surface area contributed by atoms with Gasteiger partial charge in [-0.3, -0.25) is 0 Å². The fraction of sp³-hybridized carbons (Fsp3) is 0.571. The normalized spacial score (nSPS) is 19.6. The van der Waals surface area contributed by atoms with Crippen LogP contribution in [0.4, 0.5) is 0 Å². The highest BCUT2D eigenvalue weighted by molar-refractivity contribution is 9.10. The van der Waals surface area contributed by atoms with E-state index in [9.17, 15) is 0 Å². The predicted molar refractivity (Wildman–Crippen MR) is 72.8 cm³/mol. The maximum atomic E-state index is 3.54. The van der Waals surface area contributed by atoms with Crippen molar-refractivity contribution in [2.75, 3.05) is 19.6 Å². The zero-order valence-electron chi connectivity index (χ0n) is 9.95. The molecule has 0 saturated carbocycles. The lowest BCUT2D eigenvalue weighted by molar-refractivity contribution is 0.219. The molecule has 0 aromatic heterocycles. The zero-order chi connectivity index (χ0) is 11.4. The molecule has 0 radical (unpaired) electrons. The van der Waals surface area contributed by atoms with Gasteiger partial charge in [0.15, 0.2) is 0 Å². The van der Waals surface area contributed by atoms with Gasteiger partial charge in [0, 0.05) is 11.0 Å². The monoisotopic (exact) mass is 281 g/mol. The molecule has 2 rings (SSSR count). The summed E-state index contributed by atoms with van der Waals surface area (Å²) in [6.07, 6.45) is 4.18. The second-order valence-corrected chi connectivity index (χ2v) is 5.73. The molecule has 1 aromatic carbocycles. The number of piperidine rings is 1. The van der Waals surface area contributed by atoms with Crippen molar-refractivity contribution >= 4 is 15.9 Å². The Morgan fingerprint density at radius 3 is 2.69 bits per heavy atom. The second kappa shape index (κ2) is 5.83. The van der Waals surface area contributed by atoms with Gasteiger partial charge in [-0.05, 0) is 49.5 Å². The predicted octanol–water partition coefficient (Wildman–Crippen LogP) is 4.04. The molecule has 16 heavy (non-hydrogen) atoms. The van der Waals surface area contributed by atoms with Crippen LogP contribution in [0.25, 0.3) is 0 Å². The summed E-state index contributed by atoms with van der Waals surface area (Å²) in [7, 11) is 0. The van der Waals surface area contributed by atoms with Crippen molar-refractivity contribution in [1.82, 2.24) is 4.90 Å². The van der Waals surface area contributed by atoms with Crippen LogP contribution in [0.1, 0.15) is 37.7 Å². The average Bonchev–Trinajstić information content (AvgIpc) is 2.30. The van der Waals surface area contributed by atoms with Crippen LogP contribution in [0, 0.1) is 0 Å². The lowest BCUT2D eigenvalue weighted by Gasteiger charge is -2.29. The molecule has 0 N–H and O–H groups in total. The van der Waals surface area contributed by atoms with E-state index < -0.39 is 0 Å². The first kappa shape index (κ1) is 12.1. The van der Waals surface area contributed by atoms with Gasteiger partial charge in [-0.25, -0.2) is 0 Å². The van der Waals surface area contributed by atoms with Crippen molar-refractivity contribution in [2.24, 2.45) is 0 Å². The Bertz CT molecular complexity index is 331. The van der Waals surface area contributed by atoms with Gasteiger partial charge < -0.3 is 4.90 Å². The highest BCUT2D eigenvalue weighted by Crippen LogP contribution is 2.22.